The third kappa shape index (κ3) is 6.29. The van der Waals surface area contributed by atoms with Gasteiger partial charge in [-0.15, -0.1) is 0 Å². The average molecular weight is 312 g/mol. The number of aliphatic hydroxyl groups is 2. The monoisotopic (exact) mass is 312 g/mol. The number of hydrogen-bond donors (Lipinski definition) is 2. The van der Waals surface area contributed by atoms with Crippen LogP contribution in [0.5, 0.6) is 5.75 Å². The number of fused-ring (bicyclic) bond motifs is 1. The van der Waals surface area contributed by atoms with Crippen molar-refractivity contribution in [1.29, 1.82) is 0 Å². The van der Waals surface area contributed by atoms with E-state index in [2.05, 4.69) is 0 Å². The van der Waals surface area contributed by atoms with Gasteiger partial charge in [-0.2, -0.15) is 0 Å². The van der Waals surface area contributed by atoms with Crippen molar-refractivity contribution in [3.8, 4) is 5.75 Å². The molecule has 1 aliphatic rings. The van der Waals surface area contributed by atoms with Crippen LogP contribution in [0.4, 0.5) is 0 Å². The number of aliphatic hydroxyl groups excluding tert-OH is 2. The number of benzene rings is 1. The van der Waals surface area contributed by atoms with Crippen molar-refractivity contribution >= 4 is 0 Å². The van der Waals surface area contributed by atoms with Crippen LogP contribution in [0.25, 0.3) is 0 Å². The van der Waals surface area contributed by atoms with Crippen molar-refractivity contribution in [2.75, 3.05) is 26.4 Å². The summed E-state index contributed by atoms with van der Waals surface area (Å²) in [7, 11) is 0. The van der Waals surface area contributed by atoms with Gasteiger partial charge < -0.3 is 29.2 Å². The summed E-state index contributed by atoms with van der Waals surface area (Å²) in [6.07, 6.45) is 0.152. The van der Waals surface area contributed by atoms with Gasteiger partial charge in [0.15, 0.2) is 12.6 Å². The van der Waals surface area contributed by atoms with Gasteiger partial charge in [-0.3, -0.25) is 0 Å². The maximum Gasteiger partial charge on any atom is 0.189 e. The van der Waals surface area contributed by atoms with Crippen LogP contribution in [0.15, 0.2) is 24.3 Å². The Bertz CT molecular complexity index is 386. The molecule has 1 heterocycles. The van der Waals surface area contributed by atoms with Crippen LogP contribution in [0.3, 0.4) is 0 Å². The smallest absolute Gasteiger partial charge is 0.189 e. The van der Waals surface area contributed by atoms with E-state index < -0.39 is 12.6 Å². The summed E-state index contributed by atoms with van der Waals surface area (Å²) in [5, 5.41) is 19.5. The Hall–Kier alpha value is -1.18. The van der Waals surface area contributed by atoms with Crippen LogP contribution in [-0.4, -0.2) is 49.2 Å². The number of para-hydroxylation sites is 1. The van der Waals surface area contributed by atoms with Crippen molar-refractivity contribution in [2.24, 2.45) is 0 Å². The van der Waals surface area contributed by atoms with Crippen LogP contribution in [0.1, 0.15) is 24.8 Å². The van der Waals surface area contributed by atoms with E-state index in [4.69, 9.17) is 18.9 Å². The summed E-state index contributed by atoms with van der Waals surface area (Å²) >= 11 is 0. The van der Waals surface area contributed by atoms with Crippen LogP contribution in [0, 0.1) is 0 Å². The molecule has 2 unspecified atom stereocenters. The Balaban J connectivity index is 1.95. The minimum atomic E-state index is -0.979. The molecule has 1 aromatic carbocycles. The molecule has 22 heavy (non-hydrogen) atoms. The van der Waals surface area contributed by atoms with E-state index in [1.807, 2.05) is 18.2 Å². The van der Waals surface area contributed by atoms with Gasteiger partial charge in [-0.1, -0.05) is 18.2 Å². The Morgan fingerprint density at radius 3 is 2.64 bits per heavy atom. The standard InChI is InChI=1S/C16H24O6/c17-15-7-3-8-19-9-4-10-20-16(18)12-21-14-6-2-1-5-13(14)11-22-15/h1-2,5-6,15-18H,3-4,7-12H2. The molecule has 0 bridgehead atoms. The molecule has 0 fully saturated rings. The number of hydrogen-bond acceptors (Lipinski definition) is 6. The third-order valence-corrected chi connectivity index (χ3v) is 3.27. The summed E-state index contributed by atoms with van der Waals surface area (Å²) in [6.45, 7) is 1.84. The normalized spacial score (nSPS) is 25.9. The van der Waals surface area contributed by atoms with Crippen LogP contribution in [0.2, 0.25) is 0 Å². The number of rotatable bonds is 0. The first-order valence-corrected chi connectivity index (χ1v) is 7.63. The number of ether oxygens (including phenoxy) is 4. The molecule has 0 amide bonds. The molecular weight excluding hydrogens is 288 g/mol. The third-order valence-electron chi connectivity index (χ3n) is 3.27. The van der Waals surface area contributed by atoms with Crippen molar-refractivity contribution in [3.63, 3.8) is 0 Å². The Kier molecular flexibility index (Phi) is 7.62. The maximum absolute atomic E-state index is 9.81. The zero-order chi connectivity index (χ0) is 15.6. The minimum absolute atomic E-state index is 0.0421. The highest BCUT2D eigenvalue weighted by Crippen LogP contribution is 2.20. The Morgan fingerprint density at radius 1 is 0.909 bits per heavy atom. The van der Waals surface area contributed by atoms with E-state index in [1.165, 1.54) is 0 Å². The molecule has 0 aromatic heterocycles. The van der Waals surface area contributed by atoms with Crippen molar-refractivity contribution in [2.45, 2.75) is 38.4 Å². The lowest BCUT2D eigenvalue weighted by atomic mass is 10.2. The molecule has 2 atom stereocenters. The molecule has 6 nitrogen and oxygen atoms in total. The fourth-order valence-electron chi connectivity index (χ4n) is 2.08. The Morgan fingerprint density at radius 2 is 1.73 bits per heavy atom. The maximum atomic E-state index is 9.81. The first kappa shape index (κ1) is 17.2. The molecule has 0 saturated carbocycles. The highest BCUT2D eigenvalue weighted by atomic mass is 16.6. The molecule has 2 rings (SSSR count). The van der Waals surface area contributed by atoms with Gasteiger partial charge in [-0.05, 0) is 18.9 Å². The van der Waals surface area contributed by atoms with Gasteiger partial charge in [0.1, 0.15) is 12.4 Å². The topological polar surface area (TPSA) is 77.4 Å². The molecule has 0 aliphatic carbocycles. The largest absolute Gasteiger partial charge is 0.488 e. The van der Waals surface area contributed by atoms with Crippen molar-refractivity contribution < 1.29 is 29.2 Å². The van der Waals surface area contributed by atoms with Gasteiger partial charge >= 0.3 is 0 Å². The zero-order valence-corrected chi connectivity index (χ0v) is 12.6. The highest BCUT2D eigenvalue weighted by Gasteiger charge is 2.11. The molecule has 1 aliphatic heterocycles. The van der Waals surface area contributed by atoms with E-state index in [9.17, 15) is 10.2 Å². The van der Waals surface area contributed by atoms with Crippen LogP contribution < -0.4 is 4.74 Å². The lowest BCUT2D eigenvalue weighted by molar-refractivity contribution is -0.126. The average Bonchev–Trinajstić information content (AvgIpc) is 2.53. The van der Waals surface area contributed by atoms with Gasteiger partial charge in [0.25, 0.3) is 0 Å². The lowest BCUT2D eigenvalue weighted by Crippen LogP contribution is -2.23. The van der Waals surface area contributed by atoms with E-state index >= 15 is 0 Å². The van der Waals surface area contributed by atoms with Gasteiger partial charge in [0.05, 0.1) is 13.2 Å². The molecule has 0 spiro atoms. The van der Waals surface area contributed by atoms with Crippen LogP contribution >= 0.6 is 0 Å². The Labute approximate surface area is 130 Å². The first-order chi connectivity index (χ1) is 10.8. The summed E-state index contributed by atoms with van der Waals surface area (Å²) < 4.78 is 21.7. The van der Waals surface area contributed by atoms with E-state index in [0.29, 0.717) is 38.4 Å². The van der Waals surface area contributed by atoms with Crippen molar-refractivity contribution in [3.05, 3.63) is 29.8 Å². The summed E-state index contributed by atoms with van der Waals surface area (Å²) in [6, 6.07) is 7.38. The van der Waals surface area contributed by atoms with Crippen molar-refractivity contribution in [1.82, 2.24) is 0 Å². The molecule has 2 N–H and O–H groups in total. The molecule has 124 valence electrons. The SMILES string of the molecule is OC1CCCOCCCOC(O)COc2ccccc2CO1. The zero-order valence-electron chi connectivity index (χ0n) is 12.6. The summed E-state index contributed by atoms with van der Waals surface area (Å²) in [5.41, 5.74) is 0.817. The molecule has 6 heteroatoms. The van der Waals surface area contributed by atoms with E-state index in [1.54, 1.807) is 6.07 Å². The fourth-order valence-corrected chi connectivity index (χ4v) is 2.08. The summed E-state index contributed by atoms with van der Waals surface area (Å²) in [5.74, 6) is 0.618. The van der Waals surface area contributed by atoms with Gasteiger partial charge in [0.2, 0.25) is 0 Å². The fraction of sp³-hybridized carbons (Fsp3) is 0.625. The summed E-state index contributed by atoms with van der Waals surface area (Å²) in [4.78, 5) is 0. The molecule has 0 saturated heterocycles. The predicted octanol–water partition coefficient (Wildman–Crippen LogP) is 1.44. The predicted molar refractivity (Wildman–Crippen MR) is 79.4 cm³/mol. The highest BCUT2D eigenvalue weighted by molar-refractivity contribution is 5.32. The van der Waals surface area contributed by atoms with E-state index in [0.717, 1.165) is 12.0 Å². The molecule has 1 aromatic rings. The molecular formula is C16H24O6. The second kappa shape index (κ2) is 9.76. The van der Waals surface area contributed by atoms with Gasteiger partial charge in [0, 0.05) is 25.2 Å². The van der Waals surface area contributed by atoms with E-state index in [-0.39, 0.29) is 13.2 Å². The van der Waals surface area contributed by atoms with Crippen LogP contribution in [-0.2, 0) is 20.8 Å². The first-order valence-electron chi connectivity index (χ1n) is 7.63. The second-order valence-corrected chi connectivity index (χ2v) is 5.12. The lowest BCUT2D eigenvalue weighted by Gasteiger charge is -2.17. The minimum Gasteiger partial charge on any atom is -0.488 e. The quantitative estimate of drug-likeness (QED) is 0.755. The molecule has 0 radical (unpaired) electrons. The second-order valence-electron chi connectivity index (χ2n) is 5.12. The van der Waals surface area contributed by atoms with Gasteiger partial charge in [-0.25, -0.2) is 0 Å².